The number of aromatic amines is 1. The van der Waals surface area contributed by atoms with E-state index in [1.807, 2.05) is 24.3 Å². The molecule has 2 aromatic heterocycles. The minimum Gasteiger partial charge on any atom is -0.320 e. The predicted molar refractivity (Wildman–Crippen MR) is 143 cm³/mol. The van der Waals surface area contributed by atoms with E-state index < -0.39 is 5.76 Å². The number of hydrogen-bond acceptors (Lipinski definition) is 5. The van der Waals surface area contributed by atoms with Crippen LogP contribution < -0.4 is 11.2 Å². The van der Waals surface area contributed by atoms with Gasteiger partial charge in [-0.05, 0) is 70.9 Å². The predicted octanol–water partition coefficient (Wildman–Crippen LogP) is 4.76. The highest BCUT2D eigenvalue weighted by atomic mass is 16.5. The summed E-state index contributed by atoms with van der Waals surface area (Å²) in [4.78, 5) is 31.9. The third kappa shape index (κ3) is 4.33. The molecule has 0 unspecified atom stereocenters. The molecule has 0 radical (unpaired) electrons. The average Bonchev–Trinajstić information content (AvgIpc) is 3.35. The second-order valence-electron chi connectivity index (χ2n) is 9.37. The molecule has 0 saturated carbocycles. The molecule has 1 N–H and O–H groups in total. The Morgan fingerprint density at radius 2 is 1.76 bits per heavy atom. The summed E-state index contributed by atoms with van der Waals surface area (Å²) < 4.78 is 6.81. The van der Waals surface area contributed by atoms with E-state index in [0.717, 1.165) is 59.3 Å². The van der Waals surface area contributed by atoms with Crippen molar-refractivity contribution in [1.82, 2.24) is 19.7 Å². The molecule has 0 aliphatic heterocycles. The number of fused-ring (bicyclic) bond motifs is 3. The molecule has 6 rings (SSSR count). The van der Waals surface area contributed by atoms with Crippen LogP contribution in [0.15, 0.2) is 80.8 Å². The van der Waals surface area contributed by atoms with Gasteiger partial charge in [-0.2, -0.15) is 0 Å². The number of H-pyrrole nitrogens is 1. The molecule has 3 aromatic carbocycles. The summed E-state index contributed by atoms with van der Waals surface area (Å²) in [5.74, 6) is 0.737. The van der Waals surface area contributed by atoms with Crippen LogP contribution in [0.25, 0.3) is 22.7 Å². The van der Waals surface area contributed by atoms with Gasteiger partial charge in [0.25, 0.3) is 0 Å². The Morgan fingerprint density at radius 3 is 2.59 bits per heavy atom. The molecule has 7 heteroatoms. The monoisotopic (exact) mass is 490 g/mol. The van der Waals surface area contributed by atoms with Gasteiger partial charge in [0.05, 0.1) is 5.52 Å². The number of rotatable bonds is 5. The zero-order chi connectivity index (χ0) is 25.4. The summed E-state index contributed by atoms with van der Waals surface area (Å²) in [6.07, 6.45) is 5.40. The Bertz CT molecular complexity index is 1770. The van der Waals surface area contributed by atoms with Crippen molar-refractivity contribution in [1.29, 1.82) is 0 Å². The van der Waals surface area contributed by atoms with Crippen molar-refractivity contribution in [2.24, 2.45) is 0 Å². The van der Waals surface area contributed by atoms with Crippen molar-refractivity contribution < 1.29 is 4.52 Å². The van der Waals surface area contributed by atoms with Crippen LogP contribution in [0, 0.1) is 0 Å². The van der Waals surface area contributed by atoms with Crippen LogP contribution in [-0.4, -0.2) is 19.7 Å². The lowest BCUT2D eigenvalue weighted by molar-refractivity contribution is 0.385. The summed E-state index contributed by atoms with van der Waals surface area (Å²) in [6, 6.07) is 22.0. The van der Waals surface area contributed by atoms with Gasteiger partial charge in [0.15, 0.2) is 5.82 Å². The first kappa shape index (κ1) is 22.9. The molecule has 1 aliphatic rings. The molecular weight excluding hydrogens is 464 g/mol. The quantitative estimate of drug-likeness (QED) is 0.383. The highest BCUT2D eigenvalue weighted by Gasteiger charge is 2.20. The van der Waals surface area contributed by atoms with Crippen LogP contribution >= 0.6 is 0 Å². The summed E-state index contributed by atoms with van der Waals surface area (Å²) in [5, 5.41) is 3.86. The maximum atomic E-state index is 12.9. The van der Waals surface area contributed by atoms with E-state index in [-0.39, 0.29) is 5.43 Å². The fraction of sp³-hybridized carbons (Fsp3) is 0.200. The highest BCUT2D eigenvalue weighted by molar-refractivity contribution is 5.93. The molecule has 2 heterocycles. The Labute approximate surface area is 213 Å². The number of aryl methyl sites for hydroxylation is 3. The van der Waals surface area contributed by atoms with E-state index in [1.165, 1.54) is 11.1 Å². The molecule has 37 heavy (non-hydrogen) atoms. The molecule has 0 fully saturated rings. The standard InChI is InChI=1S/C30H26N4O3/c1-2-7-28-31-25-10-5-6-11-26(35)29(25)34(28)18-19-12-15-23-21(16-19)14-13-20-8-3-4-9-22(20)24(23)17-27-32-30(36)37-33-27/h3-6,8-12,15-17H,2,7,13-14,18H2,1H3,(H,32,33,36)/b24-17+. The second-order valence-corrected chi connectivity index (χ2v) is 9.37. The molecule has 5 aromatic rings. The van der Waals surface area contributed by atoms with Gasteiger partial charge in [-0.15, -0.1) is 0 Å². The van der Waals surface area contributed by atoms with Crippen molar-refractivity contribution in [3.05, 3.63) is 127 Å². The molecule has 0 saturated heterocycles. The van der Waals surface area contributed by atoms with Crippen molar-refractivity contribution >= 4 is 22.7 Å². The Balaban J connectivity index is 1.47. The number of benzene rings is 2. The third-order valence-corrected chi connectivity index (χ3v) is 6.90. The van der Waals surface area contributed by atoms with E-state index in [9.17, 15) is 9.59 Å². The van der Waals surface area contributed by atoms with Gasteiger partial charge < -0.3 is 4.57 Å². The lowest BCUT2D eigenvalue weighted by Crippen LogP contribution is -2.10. The number of nitrogens with zero attached hydrogens (tertiary/aromatic N) is 3. The molecule has 184 valence electrons. The van der Waals surface area contributed by atoms with Crippen molar-refractivity contribution in [2.45, 2.75) is 39.2 Å². The summed E-state index contributed by atoms with van der Waals surface area (Å²) in [6.45, 7) is 2.69. The molecule has 0 amide bonds. The van der Waals surface area contributed by atoms with E-state index in [2.05, 4.69) is 58.0 Å². The van der Waals surface area contributed by atoms with E-state index >= 15 is 0 Å². The van der Waals surface area contributed by atoms with Gasteiger partial charge in [0.2, 0.25) is 5.43 Å². The van der Waals surface area contributed by atoms with Crippen LogP contribution in [0.5, 0.6) is 0 Å². The minimum absolute atomic E-state index is 0.0214. The van der Waals surface area contributed by atoms with Gasteiger partial charge in [0.1, 0.15) is 11.3 Å². The molecular formula is C30H26N4O3. The van der Waals surface area contributed by atoms with Crippen LogP contribution in [-0.2, 0) is 25.8 Å². The average molecular weight is 491 g/mol. The minimum atomic E-state index is -0.578. The topological polar surface area (TPSA) is 93.8 Å². The van der Waals surface area contributed by atoms with Gasteiger partial charge in [0, 0.05) is 13.0 Å². The number of hydrogen-bond donors (Lipinski definition) is 1. The van der Waals surface area contributed by atoms with Crippen LogP contribution in [0.1, 0.15) is 52.8 Å². The second kappa shape index (κ2) is 9.50. The third-order valence-electron chi connectivity index (χ3n) is 6.90. The number of nitrogens with one attached hydrogen (secondary N) is 1. The van der Waals surface area contributed by atoms with Gasteiger partial charge >= 0.3 is 5.76 Å². The molecule has 1 aliphatic carbocycles. The highest BCUT2D eigenvalue weighted by Crippen LogP contribution is 2.35. The first-order valence-corrected chi connectivity index (χ1v) is 12.6. The lowest BCUT2D eigenvalue weighted by atomic mass is 9.92. The summed E-state index contributed by atoms with van der Waals surface area (Å²) in [5.41, 5.74) is 8.12. The summed E-state index contributed by atoms with van der Waals surface area (Å²) in [7, 11) is 0. The van der Waals surface area contributed by atoms with Gasteiger partial charge in [-0.25, -0.2) is 9.78 Å². The van der Waals surface area contributed by atoms with E-state index in [0.29, 0.717) is 17.9 Å². The Morgan fingerprint density at radius 1 is 0.973 bits per heavy atom. The first-order valence-electron chi connectivity index (χ1n) is 12.6. The van der Waals surface area contributed by atoms with E-state index in [1.54, 1.807) is 12.1 Å². The molecule has 0 bridgehead atoms. The zero-order valence-electron chi connectivity index (χ0n) is 20.5. The fourth-order valence-corrected chi connectivity index (χ4v) is 5.26. The zero-order valence-corrected chi connectivity index (χ0v) is 20.5. The summed E-state index contributed by atoms with van der Waals surface area (Å²) >= 11 is 0. The van der Waals surface area contributed by atoms with E-state index in [4.69, 9.17) is 9.51 Å². The Hall–Kier alpha value is -4.52. The molecule has 0 atom stereocenters. The van der Waals surface area contributed by atoms with Crippen LogP contribution in [0.3, 0.4) is 0 Å². The van der Waals surface area contributed by atoms with Gasteiger partial charge in [-0.1, -0.05) is 66.7 Å². The molecule has 0 spiro atoms. The number of aromatic nitrogens is 4. The van der Waals surface area contributed by atoms with Crippen LogP contribution in [0.2, 0.25) is 0 Å². The SMILES string of the molecule is CCCc1nc2ccccc(=O)c2n1Cc1ccc2c(c1)CCc1ccccc1/C2=C\c1noc(=O)[nH]1. The number of imidazole rings is 1. The maximum absolute atomic E-state index is 12.9. The normalized spacial score (nSPS) is 13.9. The first-order chi connectivity index (χ1) is 18.1. The van der Waals surface area contributed by atoms with Crippen molar-refractivity contribution in [3.8, 4) is 0 Å². The Kier molecular flexibility index (Phi) is 5.88. The van der Waals surface area contributed by atoms with Crippen LogP contribution in [0.4, 0.5) is 0 Å². The lowest BCUT2D eigenvalue weighted by Gasteiger charge is -2.14. The van der Waals surface area contributed by atoms with Gasteiger partial charge in [-0.3, -0.25) is 14.3 Å². The van der Waals surface area contributed by atoms with Crippen molar-refractivity contribution in [3.63, 3.8) is 0 Å². The fourth-order valence-electron chi connectivity index (χ4n) is 5.26. The largest absolute Gasteiger partial charge is 0.439 e. The molecule has 7 nitrogen and oxygen atoms in total. The maximum Gasteiger partial charge on any atom is 0.439 e. The smallest absolute Gasteiger partial charge is 0.320 e. The van der Waals surface area contributed by atoms with Crippen molar-refractivity contribution in [2.75, 3.05) is 0 Å².